The van der Waals surface area contributed by atoms with Crippen molar-refractivity contribution in [3.05, 3.63) is 18.2 Å². The molecule has 0 radical (unpaired) electrons. The molecule has 1 rings (SSSR count). The maximum absolute atomic E-state index is 10.00. The first-order valence-electron chi connectivity index (χ1n) is 2.09. The van der Waals surface area contributed by atoms with E-state index in [1.165, 1.54) is 12.4 Å². The van der Waals surface area contributed by atoms with Crippen LogP contribution in [-0.2, 0) is 0 Å². The van der Waals surface area contributed by atoms with Crippen molar-refractivity contribution in [3.8, 4) is 0 Å². The Morgan fingerprint density at radius 3 is 2.88 bits per heavy atom. The molecule has 0 aliphatic rings. The standard InChI is InChI=1S/C4H4N2O2/c7-4(8)3-5-1-2-6-3/h1-2H,(H,5,6)(H,7,8)/p+1. The minimum atomic E-state index is -0.977. The lowest BCUT2D eigenvalue weighted by Gasteiger charge is -1.72. The maximum Gasteiger partial charge on any atom is 0.419 e. The molecule has 0 bridgehead atoms. The highest BCUT2D eigenvalue weighted by atomic mass is 16.4. The number of rotatable bonds is 1. The van der Waals surface area contributed by atoms with Crippen molar-refractivity contribution < 1.29 is 14.9 Å². The highest BCUT2D eigenvalue weighted by molar-refractivity contribution is 5.81. The normalized spacial score (nSPS) is 9.00. The molecule has 8 heavy (non-hydrogen) atoms. The highest BCUT2D eigenvalue weighted by Crippen LogP contribution is 1.77. The third-order valence-corrected chi connectivity index (χ3v) is 0.753. The summed E-state index contributed by atoms with van der Waals surface area (Å²) in [7, 11) is 0. The topological polar surface area (TPSA) is 67.2 Å². The van der Waals surface area contributed by atoms with Gasteiger partial charge in [0.1, 0.15) is 12.4 Å². The van der Waals surface area contributed by atoms with E-state index in [-0.39, 0.29) is 5.82 Å². The minimum Gasteiger partial charge on any atom is -0.472 e. The van der Waals surface area contributed by atoms with E-state index >= 15 is 0 Å². The monoisotopic (exact) mass is 113 g/mol. The molecule has 1 heterocycles. The Balaban J connectivity index is 2.93. The Bertz CT molecular complexity index is 180. The Kier molecular flexibility index (Phi) is 0.997. The van der Waals surface area contributed by atoms with Gasteiger partial charge in [-0.15, -0.1) is 0 Å². The zero-order chi connectivity index (χ0) is 5.98. The van der Waals surface area contributed by atoms with Crippen LogP contribution in [0.15, 0.2) is 12.4 Å². The van der Waals surface area contributed by atoms with Gasteiger partial charge in [0, 0.05) is 0 Å². The van der Waals surface area contributed by atoms with Crippen molar-refractivity contribution in [1.29, 1.82) is 0 Å². The van der Waals surface area contributed by atoms with Crippen molar-refractivity contribution in [2.75, 3.05) is 0 Å². The third kappa shape index (κ3) is 0.676. The molecule has 0 aliphatic heterocycles. The first-order valence-corrected chi connectivity index (χ1v) is 2.09. The number of carbonyl (C=O) groups is 1. The van der Waals surface area contributed by atoms with Crippen LogP contribution < -0.4 is 4.98 Å². The van der Waals surface area contributed by atoms with Gasteiger partial charge in [0.05, 0.1) is 0 Å². The fourth-order valence-corrected chi connectivity index (χ4v) is 0.415. The molecule has 0 aromatic carbocycles. The van der Waals surface area contributed by atoms with Crippen LogP contribution in [0.25, 0.3) is 0 Å². The average Bonchev–Trinajstić information content (AvgIpc) is 2.12. The van der Waals surface area contributed by atoms with E-state index in [4.69, 9.17) is 5.11 Å². The summed E-state index contributed by atoms with van der Waals surface area (Å²) in [5.41, 5.74) is 0. The summed E-state index contributed by atoms with van der Waals surface area (Å²) >= 11 is 0. The number of aromatic amines is 2. The van der Waals surface area contributed by atoms with Gasteiger partial charge in [-0.05, 0) is 0 Å². The Morgan fingerprint density at radius 2 is 2.62 bits per heavy atom. The van der Waals surface area contributed by atoms with Crippen LogP contribution in [0.5, 0.6) is 0 Å². The zero-order valence-electron chi connectivity index (χ0n) is 4.01. The maximum atomic E-state index is 10.00. The number of nitrogens with one attached hydrogen (secondary N) is 2. The number of carboxylic acid groups (broad SMARTS) is 1. The van der Waals surface area contributed by atoms with Crippen LogP contribution in [0.2, 0.25) is 0 Å². The van der Waals surface area contributed by atoms with E-state index in [0.29, 0.717) is 0 Å². The van der Waals surface area contributed by atoms with Crippen molar-refractivity contribution >= 4 is 5.97 Å². The van der Waals surface area contributed by atoms with Gasteiger partial charge in [0.25, 0.3) is 0 Å². The first kappa shape index (κ1) is 4.83. The Hall–Kier alpha value is -1.32. The second-order valence-corrected chi connectivity index (χ2v) is 1.30. The van der Waals surface area contributed by atoms with Crippen LogP contribution in [0.4, 0.5) is 0 Å². The number of aromatic nitrogens is 2. The molecule has 0 unspecified atom stereocenters. The number of carboxylic acids is 1. The molecule has 3 N–H and O–H groups in total. The lowest BCUT2D eigenvalue weighted by molar-refractivity contribution is -0.381. The molecule has 0 amide bonds. The highest BCUT2D eigenvalue weighted by Gasteiger charge is 2.08. The molecule has 4 nitrogen and oxygen atoms in total. The summed E-state index contributed by atoms with van der Waals surface area (Å²) in [6.07, 6.45) is 3.03. The Morgan fingerprint density at radius 1 is 1.88 bits per heavy atom. The van der Waals surface area contributed by atoms with Gasteiger partial charge in [-0.25, -0.2) is 14.8 Å². The van der Waals surface area contributed by atoms with Crippen LogP contribution in [0.3, 0.4) is 0 Å². The smallest absolute Gasteiger partial charge is 0.419 e. The molecule has 42 valence electrons. The van der Waals surface area contributed by atoms with Crippen molar-refractivity contribution in [2.45, 2.75) is 0 Å². The summed E-state index contributed by atoms with van der Waals surface area (Å²) in [5.74, 6) is -0.875. The third-order valence-electron chi connectivity index (χ3n) is 0.753. The SMILES string of the molecule is O=C(O)c1[nH]cc[nH+]1. The molecule has 1 aromatic rings. The summed E-state index contributed by atoms with van der Waals surface area (Å²) in [4.78, 5) is 15.0. The molecule has 0 saturated heterocycles. The lowest BCUT2D eigenvalue weighted by atomic mass is 10.7. The lowest BCUT2D eigenvalue weighted by Crippen LogP contribution is -2.12. The van der Waals surface area contributed by atoms with Crippen LogP contribution in [0, 0.1) is 0 Å². The van der Waals surface area contributed by atoms with Gasteiger partial charge in [0.2, 0.25) is 0 Å². The summed E-state index contributed by atoms with van der Waals surface area (Å²) < 4.78 is 0. The van der Waals surface area contributed by atoms with E-state index < -0.39 is 5.97 Å². The van der Waals surface area contributed by atoms with Gasteiger partial charge in [-0.2, -0.15) is 0 Å². The predicted molar refractivity (Wildman–Crippen MR) is 24.3 cm³/mol. The molecule has 0 aliphatic carbocycles. The van der Waals surface area contributed by atoms with Crippen LogP contribution in [0.1, 0.15) is 10.6 Å². The van der Waals surface area contributed by atoms with E-state index in [9.17, 15) is 4.79 Å². The number of imidazole rings is 1. The van der Waals surface area contributed by atoms with Gasteiger partial charge in [-0.1, -0.05) is 0 Å². The van der Waals surface area contributed by atoms with Crippen LogP contribution in [-0.4, -0.2) is 16.1 Å². The summed E-state index contributed by atoms with van der Waals surface area (Å²) in [6, 6.07) is 0. The fraction of sp³-hybridized carbons (Fsp3) is 0. The molecule has 0 spiro atoms. The van der Waals surface area contributed by atoms with Gasteiger partial charge in [0.15, 0.2) is 0 Å². The van der Waals surface area contributed by atoms with Crippen LogP contribution >= 0.6 is 0 Å². The largest absolute Gasteiger partial charge is 0.472 e. The molecule has 1 aromatic heterocycles. The molecule has 4 heteroatoms. The number of H-pyrrole nitrogens is 2. The van der Waals surface area contributed by atoms with E-state index in [0.717, 1.165) is 0 Å². The number of hydrogen-bond donors (Lipinski definition) is 2. The molecule has 0 saturated carbocycles. The summed E-state index contributed by atoms with van der Waals surface area (Å²) in [6.45, 7) is 0. The van der Waals surface area contributed by atoms with Crippen molar-refractivity contribution in [2.24, 2.45) is 0 Å². The number of hydrogen-bond acceptors (Lipinski definition) is 1. The zero-order valence-corrected chi connectivity index (χ0v) is 4.01. The number of aromatic carboxylic acids is 1. The molecular formula is C4H5N2O2+. The second kappa shape index (κ2) is 1.65. The quantitative estimate of drug-likeness (QED) is 0.516. The fourth-order valence-electron chi connectivity index (χ4n) is 0.415. The second-order valence-electron chi connectivity index (χ2n) is 1.30. The van der Waals surface area contributed by atoms with Crippen molar-refractivity contribution in [3.63, 3.8) is 0 Å². The Labute approximate surface area is 45.2 Å². The molecular weight excluding hydrogens is 108 g/mol. The van der Waals surface area contributed by atoms with Gasteiger partial charge < -0.3 is 5.11 Å². The van der Waals surface area contributed by atoms with Gasteiger partial charge in [-0.3, -0.25) is 0 Å². The van der Waals surface area contributed by atoms with E-state index in [2.05, 4.69) is 9.97 Å². The minimum absolute atomic E-state index is 0.102. The first-order chi connectivity index (χ1) is 3.80. The van der Waals surface area contributed by atoms with E-state index in [1.807, 2.05) is 0 Å². The average molecular weight is 113 g/mol. The van der Waals surface area contributed by atoms with Gasteiger partial charge >= 0.3 is 11.8 Å². The predicted octanol–water partition coefficient (Wildman–Crippen LogP) is -0.473. The summed E-state index contributed by atoms with van der Waals surface area (Å²) in [5, 5.41) is 8.21. The molecule has 0 atom stereocenters. The van der Waals surface area contributed by atoms with Crippen molar-refractivity contribution in [1.82, 2.24) is 4.98 Å². The van der Waals surface area contributed by atoms with E-state index in [1.54, 1.807) is 0 Å². The molecule has 0 fully saturated rings.